The van der Waals surface area contributed by atoms with Crippen molar-refractivity contribution < 1.29 is 9.53 Å². The summed E-state index contributed by atoms with van der Waals surface area (Å²) in [5, 5.41) is 10.3. The van der Waals surface area contributed by atoms with Gasteiger partial charge in [-0.2, -0.15) is 5.26 Å². The fraction of sp³-hybridized carbons (Fsp3) is 0.800. The molecule has 0 amide bonds. The molecule has 0 spiro atoms. The van der Waals surface area contributed by atoms with Crippen LogP contribution in [0.15, 0.2) is 0 Å². The van der Waals surface area contributed by atoms with E-state index in [9.17, 15) is 4.79 Å². The Hall–Kier alpha value is -0.690. The highest BCUT2D eigenvalue weighted by Crippen LogP contribution is 2.04. The lowest BCUT2D eigenvalue weighted by molar-refractivity contribution is -0.143. The number of ether oxygens (including phenoxy) is 1. The van der Waals surface area contributed by atoms with E-state index in [-0.39, 0.29) is 5.97 Å². The summed E-state index contributed by atoms with van der Waals surface area (Å²) in [6.07, 6.45) is 4.31. The van der Waals surface area contributed by atoms with Crippen molar-refractivity contribution >= 4 is 17.7 Å². The largest absolute Gasteiger partial charge is 0.466 e. The summed E-state index contributed by atoms with van der Waals surface area (Å²) >= 11 is 1.28. The first-order chi connectivity index (χ1) is 6.81. The molecule has 0 saturated heterocycles. The molecule has 0 heterocycles. The Bertz CT molecular complexity index is 189. The van der Waals surface area contributed by atoms with Crippen LogP contribution in [0.1, 0.15) is 39.0 Å². The van der Waals surface area contributed by atoms with Crippen molar-refractivity contribution in [3.63, 3.8) is 0 Å². The van der Waals surface area contributed by atoms with Gasteiger partial charge in [0.1, 0.15) is 5.40 Å². The lowest BCUT2D eigenvalue weighted by Crippen LogP contribution is -2.04. The highest BCUT2D eigenvalue weighted by molar-refractivity contribution is 8.03. The Labute approximate surface area is 89.8 Å². The molecular formula is C10H17NO2S. The molecule has 3 nitrogen and oxygen atoms in total. The van der Waals surface area contributed by atoms with Crippen LogP contribution in [0.5, 0.6) is 0 Å². The van der Waals surface area contributed by atoms with Gasteiger partial charge in [0, 0.05) is 12.2 Å². The van der Waals surface area contributed by atoms with Crippen LogP contribution >= 0.6 is 11.8 Å². The molecule has 0 bridgehead atoms. The summed E-state index contributed by atoms with van der Waals surface area (Å²) in [7, 11) is 0. The van der Waals surface area contributed by atoms with Gasteiger partial charge < -0.3 is 4.74 Å². The van der Waals surface area contributed by atoms with Crippen molar-refractivity contribution in [1.29, 1.82) is 5.26 Å². The number of unbranched alkanes of at least 4 members (excludes halogenated alkanes) is 2. The Balaban J connectivity index is 3.06. The van der Waals surface area contributed by atoms with Crippen molar-refractivity contribution in [3.05, 3.63) is 0 Å². The number of hydrogen-bond acceptors (Lipinski definition) is 4. The van der Waals surface area contributed by atoms with Crippen LogP contribution in [0, 0.1) is 10.7 Å². The van der Waals surface area contributed by atoms with E-state index in [0.717, 1.165) is 31.4 Å². The lowest BCUT2D eigenvalue weighted by Gasteiger charge is -2.02. The third kappa shape index (κ3) is 9.40. The van der Waals surface area contributed by atoms with Crippen LogP contribution in [-0.4, -0.2) is 18.3 Å². The minimum absolute atomic E-state index is 0.0982. The van der Waals surface area contributed by atoms with Gasteiger partial charge in [0.25, 0.3) is 0 Å². The maximum atomic E-state index is 10.9. The van der Waals surface area contributed by atoms with E-state index in [4.69, 9.17) is 10.00 Å². The molecule has 80 valence electrons. The van der Waals surface area contributed by atoms with Gasteiger partial charge in [0.2, 0.25) is 0 Å². The lowest BCUT2D eigenvalue weighted by atomic mass is 10.3. The standard InChI is InChI=1S/C10H17NO2S/c1-2-6-10(12)13-7-4-3-5-8-14-9-11/h2-8H2,1H3. The molecule has 0 unspecified atom stereocenters. The van der Waals surface area contributed by atoms with E-state index in [2.05, 4.69) is 0 Å². The van der Waals surface area contributed by atoms with E-state index < -0.39 is 0 Å². The predicted molar refractivity (Wildman–Crippen MR) is 57.8 cm³/mol. The van der Waals surface area contributed by atoms with Crippen molar-refractivity contribution in [1.82, 2.24) is 0 Å². The summed E-state index contributed by atoms with van der Waals surface area (Å²) in [5.74, 6) is 0.776. The maximum absolute atomic E-state index is 10.9. The van der Waals surface area contributed by atoms with Crippen LogP contribution in [0.25, 0.3) is 0 Å². The zero-order valence-electron chi connectivity index (χ0n) is 8.62. The minimum atomic E-state index is -0.0982. The topological polar surface area (TPSA) is 50.1 Å². The first-order valence-corrected chi connectivity index (χ1v) is 5.96. The number of nitrogens with zero attached hydrogens (tertiary/aromatic N) is 1. The molecular weight excluding hydrogens is 198 g/mol. The summed E-state index contributed by atoms with van der Waals surface area (Å²) in [6.45, 7) is 2.48. The van der Waals surface area contributed by atoms with Crippen LogP contribution in [0.4, 0.5) is 0 Å². The summed E-state index contributed by atoms with van der Waals surface area (Å²) < 4.78 is 4.98. The van der Waals surface area contributed by atoms with E-state index in [1.807, 2.05) is 12.3 Å². The van der Waals surface area contributed by atoms with Gasteiger partial charge in [0.15, 0.2) is 0 Å². The van der Waals surface area contributed by atoms with Gasteiger partial charge in [-0.15, -0.1) is 0 Å². The fourth-order valence-electron chi connectivity index (χ4n) is 0.961. The molecule has 0 aliphatic rings. The normalized spacial score (nSPS) is 9.43. The number of hydrogen-bond donors (Lipinski definition) is 0. The molecule has 0 aliphatic heterocycles. The zero-order chi connectivity index (χ0) is 10.6. The van der Waals surface area contributed by atoms with Crippen LogP contribution in [-0.2, 0) is 9.53 Å². The monoisotopic (exact) mass is 215 g/mol. The van der Waals surface area contributed by atoms with E-state index >= 15 is 0 Å². The summed E-state index contributed by atoms with van der Waals surface area (Å²) in [5.41, 5.74) is 0. The molecule has 0 atom stereocenters. The van der Waals surface area contributed by atoms with Crippen molar-refractivity contribution in [2.75, 3.05) is 12.4 Å². The number of thioether (sulfide) groups is 1. The molecule has 0 aliphatic carbocycles. The number of carbonyl (C=O) groups excluding carboxylic acids is 1. The fourth-order valence-corrected chi connectivity index (χ4v) is 1.40. The first-order valence-electron chi connectivity index (χ1n) is 4.97. The molecule has 0 fully saturated rings. The minimum Gasteiger partial charge on any atom is -0.466 e. The molecule has 0 N–H and O–H groups in total. The van der Waals surface area contributed by atoms with Crippen LogP contribution in [0.3, 0.4) is 0 Å². The molecule has 0 aromatic rings. The Kier molecular flexibility index (Phi) is 9.88. The van der Waals surface area contributed by atoms with E-state index in [1.54, 1.807) is 0 Å². The van der Waals surface area contributed by atoms with Crippen molar-refractivity contribution in [3.8, 4) is 5.40 Å². The van der Waals surface area contributed by atoms with E-state index in [0.29, 0.717) is 13.0 Å². The second kappa shape index (κ2) is 10.4. The van der Waals surface area contributed by atoms with Gasteiger partial charge in [-0.1, -0.05) is 6.92 Å². The smallest absolute Gasteiger partial charge is 0.305 e. The van der Waals surface area contributed by atoms with Gasteiger partial charge in [-0.3, -0.25) is 4.79 Å². The molecule has 0 radical (unpaired) electrons. The molecule has 0 aromatic carbocycles. The van der Waals surface area contributed by atoms with Crippen LogP contribution in [0.2, 0.25) is 0 Å². The zero-order valence-corrected chi connectivity index (χ0v) is 9.44. The average Bonchev–Trinajstić information content (AvgIpc) is 2.17. The maximum Gasteiger partial charge on any atom is 0.305 e. The molecule has 0 aromatic heterocycles. The summed E-state index contributed by atoms with van der Waals surface area (Å²) in [4.78, 5) is 10.9. The quantitative estimate of drug-likeness (QED) is 0.355. The third-order valence-corrected chi connectivity index (χ3v) is 2.29. The SMILES string of the molecule is CCCC(=O)OCCCCCSC#N. The van der Waals surface area contributed by atoms with Gasteiger partial charge >= 0.3 is 5.97 Å². The highest BCUT2D eigenvalue weighted by atomic mass is 32.2. The molecule has 14 heavy (non-hydrogen) atoms. The molecule has 4 heteroatoms. The van der Waals surface area contributed by atoms with Gasteiger partial charge in [0.05, 0.1) is 6.61 Å². The predicted octanol–water partition coefficient (Wildman–Crippen LogP) is 2.71. The van der Waals surface area contributed by atoms with E-state index in [1.165, 1.54) is 11.8 Å². The number of esters is 1. The van der Waals surface area contributed by atoms with Crippen LogP contribution < -0.4 is 0 Å². The first kappa shape index (κ1) is 13.3. The Morgan fingerprint density at radius 2 is 2.21 bits per heavy atom. The molecule has 0 saturated carbocycles. The van der Waals surface area contributed by atoms with Crippen molar-refractivity contribution in [2.24, 2.45) is 0 Å². The number of nitriles is 1. The van der Waals surface area contributed by atoms with Crippen molar-refractivity contribution in [2.45, 2.75) is 39.0 Å². The third-order valence-electron chi connectivity index (χ3n) is 1.67. The van der Waals surface area contributed by atoms with Gasteiger partial charge in [-0.25, -0.2) is 0 Å². The number of thiocyanates is 1. The average molecular weight is 215 g/mol. The number of rotatable bonds is 8. The Morgan fingerprint density at radius 1 is 1.43 bits per heavy atom. The number of carbonyl (C=O) groups is 1. The highest BCUT2D eigenvalue weighted by Gasteiger charge is 1.99. The summed E-state index contributed by atoms with van der Waals surface area (Å²) in [6, 6.07) is 0. The second-order valence-corrected chi connectivity index (χ2v) is 3.85. The van der Waals surface area contributed by atoms with Gasteiger partial charge in [-0.05, 0) is 37.4 Å². The second-order valence-electron chi connectivity index (χ2n) is 2.97. The molecule has 0 rings (SSSR count). The Morgan fingerprint density at radius 3 is 2.86 bits per heavy atom.